The monoisotopic (exact) mass is 413 g/mol. The minimum Gasteiger partial charge on any atom is -0.497 e. The molecule has 1 aromatic heterocycles. The summed E-state index contributed by atoms with van der Waals surface area (Å²) in [5.41, 5.74) is 1.07. The Labute approximate surface area is 177 Å². The largest absolute Gasteiger partial charge is 0.497 e. The highest BCUT2D eigenvalue weighted by Gasteiger charge is 2.51. The van der Waals surface area contributed by atoms with E-state index in [1.807, 2.05) is 43.0 Å². The third-order valence-corrected chi connectivity index (χ3v) is 6.50. The molecule has 0 saturated carbocycles. The van der Waals surface area contributed by atoms with Gasteiger partial charge in [0.1, 0.15) is 5.75 Å². The Bertz CT molecular complexity index is 873. The van der Waals surface area contributed by atoms with Crippen LogP contribution < -0.4 is 4.74 Å². The summed E-state index contributed by atoms with van der Waals surface area (Å²) in [6.45, 7) is 6.89. The minimum absolute atomic E-state index is 0.0370. The lowest BCUT2D eigenvalue weighted by Gasteiger charge is -2.36. The Morgan fingerprint density at radius 3 is 2.80 bits per heavy atom. The number of hydrogen-bond donors (Lipinski definition) is 0. The highest BCUT2D eigenvalue weighted by molar-refractivity contribution is 5.77. The molecule has 2 aliphatic heterocycles. The zero-order valence-electron chi connectivity index (χ0n) is 18.1. The van der Waals surface area contributed by atoms with Crippen LogP contribution in [0.15, 0.2) is 28.7 Å². The lowest BCUT2D eigenvalue weighted by molar-refractivity contribution is -0.130. The number of methoxy groups -OCH3 is 1. The fourth-order valence-electron chi connectivity index (χ4n) is 4.64. The minimum atomic E-state index is -0.0370. The van der Waals surface area contributed by atoms with Crippen molar-refractivity contribution in [3.05, 3.63) is 41.6 Å². The summed E-state index contributed by atoms with van der Waals surface area (Å²) >= 11 is 0. The lowest BCUT2D eigenvalue weighted by atomic mass is 9.72. The molecule has 2 aromatic rings. The molecular formula is C23H31N3O4. The molecule has 1 aromatic carbocycles. The van der Waals surface area contributed by atoms with Crippen LogP contribution in [0.4, 0.5) is 0 Å². The maximum atomic E-state index is 13.1. The van der Waals surface area contributed by atoms with E-state index in [1.165, 1.54) is 0 Å². The topological polar surface area (TPSA) is 77.7 Å². The standard InChI is InChI=1S/C23H31N3O4/c1-16(2)21-24-25-22(30-21)19-14-26(15-23(19)9-11-29-12-10-23)20(27)8-7-17-5-4-6-18(13-17)28-3/h4-6,13,16,19H,7-12,14-15H2,1-3H3. The molecule has 0 radical (unpaired) electrons. The van der Waals surface area contributed by atoms with Gasteiger partial charge in [0.15, 0.2) is 0 Å². The zero-order chi connectivity index (χ0) is 21.1. The van der Waals surface area contributed by atoms with Crippen molar-refractivity contribution in [2.24, 2.45) is 5.41 Å². The van der Waals surface area contributed by atoms with Gasteiger partial charge in [0, 0.05) is 44.1 Å². The van der Waals surface area contributed by atoms with Gasteiger partial charge in [0.25, 0.3) is 0 Å². The van der Waals surface area contributed by atoms with Crippen LogP contribution in [0.2, 0.25) is 0 Å². The van der Waals surface area contributed by atoms with Gasteiger partial charge < -0.3 is 18.8 Å². The Morgan fingerprint density at radius 1 is 1.30 bits per heavy atom. The van der Waals surface area contributed by atoms with Crippen LogP contribution in [0.1, 0.15) is 62.3 Å². The molecule has 162 valence electrons. The van der Waals surface area contributed by atoms with Gasteiger partial charge >= 0.3 is 0 Å². The lowest BCUT2D eigenvalue weighted by Crippen LogP contribution is -2.37. The van der Waals surface area contributed by atoms with Gasteiger partial charge in [0.2, 0.25) is 17.7 Å². The number of nitrogens with zero attached hydrogens (tertiary/aromatic N) is 3. The van der Waals surface area contributed by atoms with Crippen LogP contribution in [0.5, 0.6) is 5.75 Å². The number of aromatic nitrogens is 2. The summed E-state index contributed by atoms with van der Waals surface area (Å²) < 4.78 is 16.9. The molecule has 2 fully saturated rings. The summed E-state index contributed by atoms with van der Waals surface area (Å²) in [4.78, 5) is 15.1. The number of rotatable bonds is 6. The van der Waals surface area contributed by atoms with Crippen LogP contribution >= 0.6 is 0 Å². The summed E-state index contributed by atoms with van der Waals surface area (Å²) in [6, 6.07) is 7.91. The predicted molar refractivity (Wildman–Crippen MR) is 112 cm³/mol. The Morgan fingerprint density at radius 2 is 2.10 bits per heavy atom. The molecule has 0 N–H and O–H groups in total. The molecule has 0 aliphatic carbocycles. The Balaban J connectivity index is 1.48. The first-order chi connectivity index (χ1) is 14.5. The molecule has 1 unspecified atom stereocenters. The van der Waals surface area contributed by atoms with Crippen molar-refractivity contribution in [1.82, 2.24) is 15.1 Å². The first kappa shape index (κ1) is 20.8. The number of carbonyl (C=O) groups is 1. The van der Waals surface area contributed by atoms with Crippen molar-refractivity contribution in [2.75, 3.05) is 33.4 Å². The highest BCUT2D eigenvalue weighted by Crippen LogP contribution is 2.49. The molecule has 1 amide bonds. The molecule has 1 atom stereocenters. The van der Waals surface area contributed by atoms with Gasteiger partial charge in [0.05, 0.1) is 13.0 Å². The number of hydrogen-bond acceptors (Lipinski definition) is 6. The van der Waals surface area contributed by atoms with Gasteiger partial charge in [-0.3, -0.25) is 4.79 Å². The fraction of sp³-hybridized carbons (Fsp3) is 0.609. The van der Waals surface area contributed by atoms with Crippen molar-refractivity contribution in [3.63, 3.8) is 0 Å². The van der Waals surface area contributed by atoms with E-state index < -0.39 is 0 Å². The maximum Gasteiger partial charge on any atom is 0.222 e. The fourth-order valence-corrected chi connectivity index (χ4v) is 4.64. The zero-order valence-corrected chi connectivity index (χ0v) is 18.1. The van der Waals surface area contributed by atoms with Crippen LogP contribution in [0.3, 0.4) is 0 Å². The molecule has 7 heteroatoms. The summed E-state index contributed by atoms with van der Waals surface area (Å²) in [5, 5.41) is 8.60. The average Bonchev–Trinajstić information content (AvgIpc) is 3.38. The average molecular weight is 414 g/mol. The van der Waals surface area contributed by atoms with E-state index in [4.69, 9.17) is 13.9 Å². The molecule has 30 heavy (non-hydrogen) atoms. The molecule has 7 nitrogen and oxygen atoms in total. The van der Waals surface area contributed by atoms with Gasteiger partial charge in [-0.2, -0.15) is 0 Å². The third kappa shape index (κ3) is 4.21. The SMILES string of the molecule is COc1cccc(CCC(=O)N2CC(c3nnc(C(C)C)o3)C3(CCOCC3)C2)c1. The molecule has 4 rings (SSSR count). The second-order valence-corrected chi connectivity index (χ2v) is 8.79. The smallest absolute Gasteiger partial charge is 0.222 e. The summed E-state index contributed by atoms with van der Waals surface area (Å²) in [5.74, 6) is 2.59. The number of benzene rings is 1. The Hall–Kier alpha value is -2.41. The van der Waals surface area contributed by atoms with E-state index in [0.717, 1.165) is 30.7 Å². The molecule has 1 spiro atoms. The van der Waals surface area contributed by atoms with Crippen molar-refractivity contribution in [3.8, 4) is 5.75 Å². The van der Waals surface area contributed by atoms with Crippen molar-refractivity contribution < 1.29 is 18.7 Å². The van der Waals surface area contributed by atoms with E-state index in [0.29, 0.717) is 44.4 Å². The van der Waals surface area contributed by atoms with Crippen molar-refractivity contribution in [1.29, 1.82) is 0 Å². The number of likely N-dealkylation sites (tertiary alicyclic amines) is 1. The van der Waals surface area contributed by atoms with Crippen LogP contribution in [-0.4, -0.2) is 54.4 Å². The summed E-state index contributed by atoms with van der Waals surface area (Å²) in [6.07, 6.45) is 3.01. The molecular weight excluding hydrogens is 382 g/mol. The number of ether oxygens (including phenoxy) is 2. The van der Waals surface area contributed by atoms with Gasteiger partial charge in [-0.1, -0.05) is 26.0 Å². The van der Waals surface area contributed by atoms with E-state index in [2.05, 4.69) is 10.2 Å². The maximum absolute atomic E-state index is 13.1. The van der Waals surface area contributed by atoms with E-state index in [-0.39, 0.29) is 23.2 Å². The quantitative estimate of drug-likeness (QED) is 0.721. The highest BCUT2D eigenvalue weighted by atomic mass is 16.5. The third-order valence-electron chi connectivity index (χ3n) is 6.50. The summed E-state index contributed by atoms with van der Waals surface area (Å²) in [7, 11) is 1.66. The number of amides is 1. The Kier molecular flexibility index (Phi) is 6.09. The van der Waals surface area contributed by atoms with Gasteiger partial charge in [-0.25, -0.2) is 0 Å². The van der Waals surface area contributed by atoms with Gasteiger partial charge in [-0.15, -0.1) is 10.2 Å². The van der Waals surface area contributed by atoms with E-state index in [9.17, 15) is 4.79 Å². The second-order valence-electron chi connectivity index (χ2n) is 8.79. The van der Waals surface area contributed by atoms with Crippen LogP contribution in [0.25, 0.3) is 0 Å². The predicted octanol–water partition coefficient (Wildman–Crippen LogP) is 3.56. The molecule has 3 heterocycles. The molecule has 0 bridgehead atoms. The van der Waals surface area contributed by atoms with Crippen molar-refractivity contribution in [2.45, 2.75) is 51.4 Å². The van der Waals surface area contributed by atoms with E-state index >= 15 is 0 Å². The molecule has 2 aliphatic rings. The number of carbonyl (C=O) groups excluding carboxylic acids is 1. The normalized spacial score (nSPS) is 20.8. The van der Waals surface area contributed by atoms with Crippen molar-refractivity contribution >= 4 is 5.91 Å². The van der Waals surface area contributed by atoms with Gasteiger partial charge in [-0.05, 0) is 37.0 Å². The van der Waals surface area contributed by atoms with Crippen LogP contribution in [0, 0.1) is 5.41 Å². The molecule has 2 saturated heterocycles. The number of aryl methyl sites for hydroxylation is 1. The van der Waals surface area contributed by atoms with Crippen LogP contribution in [-0.2, 0) is 16.0 Å². The second kappa shape index (κ2) is 8.76. The first-order valence-corrected chi connectivity index (χ1v) is 10.8. The first-order valence-electron chi connectivity index (χ1n) is 10.8. The van der Waals surface area contributed by atoms with E-state index in [1.54, 1.807) is 7.11 Å².